The zero-order valence-corrected chi connectivity index (χ0v) is 11.0. The maximum absolute atomic E-state index is 12.0. The Bertz CT molecular complexity index is 236. The smallest absolute Gasteiger partial charge is 0.224 e. The van der Waals surface area contributed by atoms with Gasteiger partial charge in [-0.2, -0.15) is 0 Å². The van der Waals surface area contributed by atoms with Crippen LogP contribution in [0.5, 0.6) is 0 Å². The number of carbonyl (C=O) groups is 1. The predicted octanol–water partition coefficient (Wildman–Crippen LogP) is 0.152. The second kappa shape index (κ2) is 7.63. The summed E-state index contributed by atoms with van der Waals surface area (Å²) in [6.07, 6.45) is 1.95. The van der Waals surface area contributed by atoms with E-state index in [1.165, 1.54) is 0 Å². The fraction of sp³-hybridized carbons (Fsp3) is 0.917. The van der Waals surface area contributed by atoms with E-state index in [1.54, 1.807) is 14.2 Å². The number of rotatable bonds is 6. The molecule has 0 aromatic heterocycles. The van der Waals surface area contributed by atoms with E-state index in [0.717, 1.165) is 19.4 Å². The van der Waals surface area contributed by atoms with Crippen molar-refractivity contribution in [3.63, 3.8) is 0 Å². The van der Waals surface area contributed by atoms with Crippen molar-refractivity contribution >= 4 is 5.91 Å². The van der Waals surface area contributed by atoms with E-state index in [9.17, 15) is 4.79 Å². The quantitative estimate of drug-likeness (QED) is 0.698. The highest BCUT2D eigenvalue weighted by Gasteiger charge is 2.27. The molecular weight excluding hydrogens is 220 g/mol. The Balaban J connectivity index is 2.32. The third-order valence-electron chi connectivity index (χ3n) is 3.29. The van der Waals surface area contributed by atoms with E-state index < -0.39 is 0 Å². The molecule has 100 valence electrons. The number of nitrogens with one attached hydrogen (secondary N) is 2. The Morgan fingerprint density at radius 1 is 1.53 bits per heavy atom. The van der Waals surface area contributed by atoms with E-state index in [1.807, 2.05) is 0 Å². The topological polar surface area (TPSA) is 59.6 Å². The van der Waals surface area contributed by atoms with Crippen molar-refractivity contribution in [2.75, 3.05) is 33.9 Å². The first-order valence-electron chi connectivity index (χ1n) is 6.21. The highest BCUT2D eigenvalue weighted by atomic mass is 16.5. The summed E-state index contributed by atoms with van der Waals surface area (Å²) in [5.41, 5.74) is 0. The second-order valence-corrected chi connectivity index (χ2v) is 4.55. The molecule has 0 bridgehead atoms. The molecule has 1 aliphatic heterocycles. The van der Waals surface area contributed by atoms with Gasteiger partial charge in [0.1, 0.15) is 0 Å². The van der Waals surface area contributed by atoms with Crippen molar-refractivity contribution in [2.45, 2.75) is 31.9 Å². The third kappa shape index (κ3) is 4.61. The molecule has 1 amide bonds. The minimum absolute atomic E-state index is 0.0730. The van der Waals surface area contributed by atoms with Crippen LogP contribution < -0.4 is 10.6 Å². The van der Waals surface area contributed by atoms with Crippen molar-refractivity contribution in [3.8, 4) is 0 Å². The van der Waals surface area contributed by atoms with Gasteiger partial charge in [0.25, 0.3) is 0 Å². The molecule has 0 aromatic rings. The fourth-order valence-corrected chi connectivity index (χ4v) is 2.14. The van der Waals surface area contributed by atoms with Gasteiger partial charge in [-0.1, -0.05) is 0 Å². The van der Waals surface area contributed by atoms with Gasteiger partial charge < -0.3 is 20.1 Å². The normalized spacial score (nSPS) is 26.5. The van der Waals surface area contributed by atoms with Crippen LogP contribution in [-0.4, -0.2) is 52.0 Å². The fourth-order valence-electron chi connectivity index (χ4n) is 2.14. The first kappa shape index (κ1) is 14.4. The van der Waals surface area contributed by atoms with Crippen LogP contribution in [0.1, 0.15) is 19.8 Å². The lowest BCUT2D eigenvalue weighted by atomic mass is 9.91. The summed E-state index contributed by atoms with van der Waals surface area (Å²) in [5.74, 6) is 0.187. The zero-order chi connectivity index (χ0) is 12.7. The molecule has 0 aliphatic carbocycles. The summed E-state index contributed by atoms with van der Waals surface area (Å²) >= 11 is 0. The average molecular weight is 244 g/mol. The lowest BCUT2D eigenvalue weighted by molar-refractivity contribution is -0.127. The largest absolute Gasteiger partial charge is 0.382 e. The molecule has 0 radical (unpaired) electrons. The van der Waals surface area contributed by atoms with Gasteiger partial charge in [0.05, 0.1) is 18.6 Å². The van der Waals surface area contributed by atoms with Crippen LogP contribution in [0.2, 0.25) is 0 Å². The van der Waals surface area contributed by atoms with Crippen LogP contribution in [0.25, 0.3) is 0 Å². The van der Waals surface area contributed by atoms with E-state index in [0.29, 0.717) is 13.2 Å². The number of piperidine rings is 1. The van der Waals surface area contributed by atoms with Crippen LogP contribution in [0, 0.1) is 5.92 Å². The first-order valence-corrected chi connectivity index (χ1v) is 6.21. The first-order chi connectivity index (χ1) is 8.19. The molecule has 1 saturated heterocycles. The highest BCUT2D eigenvalue weighted by Crippen LogP contribution is 2.16. The number of hydrogen-bond donors (Lipinski definition) is 2. The van der Waals surface area contributed by atoms with Crippen LogP contribution in [-0.2, 0) is 14.3 Å². The molecule has 1 heterocycles. The summed E-state index contributed by atoms with van der Waals surface area (Å²) in [5, 5.41) is 6.26. The predicted molar refractivity (Wildman–Crippen MR) is 65.9 cm³/mol. The highest BCUT2D eigenvalue weighted by molar-refractivity contribution is 5.79. The number of ether oxygens (including phenoxy) is 2. The van der Waals surface area contributed by atoms with Gasteiger partial charge in [0.15, 0.2) is 0 Å². The van der Waals surface area contributed by atoms with E-state index in [4.69, 9.17) is 9.47 Å². The molecule has 1 fully saturated rings. The molecule has 1 rings (SSSR count). The molecule has 0 aromatic carbocycles. The summed E-state index contributed by atoms with van der Waals surface area (Å²) < 4.78 is 10.2. The van der Waals surface area contributed by atoms with Crippen molar-refractivity contribution in [2.24, 2.45) is 5.92 Å². The van der Waals surface area contributed by atoms with Crippen LogP contribution in [0.4, 0.5) is 0 Å². The van der Waals surface area contributed by atoms with E-state index >= 15 is 0 Å². The molecule has 0 spiro atoms. The second-order valence-electron chi connectivity index (χ2n) is 4.55. The molecule has 0 saturated carbocycles. The van der Waals surface area contributed by atoms with E-state index in [-0.39, 0.29) is 24.0 Å². The van der Waals surface area contributed by atoms with E-state index in [2.05, 4.69) is 17.6 Å². The van der Waals surface area contributed by atoms with Gasteiger partial charge in [0.2, 0.25) is 5.91 Å². The molecule has 2 N–H and O–H groups in total. The molecule has 3 atom stereocenters. The Hall–Kier alpha value is -0.650. The lowest BCUT2D eigenvalue weighted by Gasteiger charge is -2.29. The molecule has 5 heteroatoms. The summed E-state index contributed by atoms with van der Waals surface area (Å²) in [6.45, 7) is 4.07. The number of amides is 1. The van der Waals surface area contributed by atoms with Crippen molar-refractivity contribution in [1.82, 2.24) is 10.6 Å². The monoisotopic (exact) mass is 244 g/mol. The van der Waals surface area contributed by atoms with Crippen LogP contribution in [0.3, 0.4) is 0 Å². The summed E-state index contributed by atoms with van der Waals surface area (Å²) in [4.78, 5) is 12.0. The van der Waals surface area contributed by atoms with Crippen molar-refractivity contribution < 1.29 is 14.3 Å². The van der Waals surface area contributed by atoms with Crippen molar-refractivity contribution in [1.29, 1.82) is 0 Å². The Kier molecular flexibility index (Phi) is 6.47. The molecule has 5 nitrogen and oxygen atoms in total. The Labute approximate surface area is 103 Å². The van der Waals surface area contributed by atoms with Gasteiger partial charge in [-0.25, -0.2) is 0 Å². The molecule has 1 aliphatic rings. The van der Waals surface area contributed by atoms with Gasteiger partial charge >= 0.3 is 0 Å². The molecule has 3 unspecified atom stereocenters. The average Bonchev–Trinajstić information content (AvgIpc) is 2.34. The minimum atomic E-state index is -0.0733. The molecule has 17 heavy (non-hydrogen) atoms. The van der Waals surface area contributed by atoms with Crippen LogP contribution in [0.15, 0.2) is 0 Å². The third-order valence-corrected chi connectivity index (χ3v) is 3.29. The zero-order valence-electron chi connectivity index (χ0n) is 11.0. The number of hydrogen-bond acceptors (Lipinski definition) is 4. The number of carbonyl (C=O) groups excluding carboxylic acids is 1. The maximum Gasteiger partial charge on any atom is 0.224 e. The molecular formula is C12H24N2O3. The number of methoxy groups -OCH3 is 2. The minimum Gasteiger partial charge on any atom is -0.382 e. The van der Waals surface area contributed by atoms with Crippen molar-refractivity contribution in [3.05, 3.63) is 0 Å². The van der Waals surface area contributed by atoms with Gasteiger partial charge in [-0.3, -0.25) is 4.79 Å². The van der Waals surface area contributed by atoms with Crippen LogP contribution >= 0.6 is 0 Å². The van der Waals surface area contributed by atoms with Gasteiger partial charge in [-0.05, 0) is 26.3 Å². The Morgan fingerprint density at radius 3 is 2.88 bits per heavy atom. The van der Waals surface area contributed by atoms with Gasteiger partial charge in [-0.15, -0.1) is 0 Å². The standard InChI is InChI=1S/C12H24N2O3/c1-9-11(5-4-6-13-9)12(15)14-7-10(17-3)8-16-2/h9-11,13H,4-8H2,1-3H3,(H,14,15). The maximum atomic E-state index is 12.0. The SMILES string of the molecule is COCC(CNC(=O)C1CCCNC1C)OC. The van der Waals surface area contributed by atoms with Gasteiger partial charge in [0, 0.05) is 26.8 Å². The Morgan fingerprint density at radius 2 is 2.29 bits per heavy atom. The lowest BCUT2D eigenvalue weighted by Crippen LogP contribution is -2.48. The summed E-state index contributed by atoms with van der Waals surface area (Å²) in [6, 6.07) is 0.257. The summed E-state index contributed by atoms with van der Waals surface area (Å²) in [7, 11) is 3.25.